The minimum absolute atomic E-state index is 0.238. The van der Waals surface area contributed by atoms with Gasteiger partial charge in [0.05, 0.1) is 23.0 Å². The molecule has 2 heterocycles. The van der Waals surface area contributed by atoms with Gasteiger partial charge in [-0.25, -0.2) is 9.97 Å². The molecule has 2 aromatic rings. The zero-order valence-electron chi connectivity index (χ0n) is 15.5. The highest BCUT2D eigenvalue weighted by Gasteiger charge is 2.54. The summed E-state index contributed by atoms with van der Waals surface area (Å²) in [6, 6.07) is 2.04. The monoisotopic (exact) mass is 380 g/mol. The summed E-state index contributed by atoms with van der Waals surface area (Å²) in [6.45, 7) is 0. The molecule has 0 aliphatic heterocycles. The number of aliphatic hydroxyl groups is 1. The molecule has 4 fully saturated rings. The smallest absolute Gasteiger partial charge is 0.252 e. The van der Waals surface area contributed by atoms with E-state index in [1.54, 1.807) is 24.7 Å². The molecule has 0 aromatic carbocycles. The SMILES string of the molecule is NC(=O)c1cnc(Nc2cnccn2)cc1NC1C2CC3CC1CC(O)(C3)C2. The molecule has 2 atom stereocenters. The zero-order valence-corrected chi connectivity index (χ0v) is 15.5. The first-order chi connectivity index (χ1) is 13.5. The summed E-state index contributed by atoms with van der Waals surface area (Å²) < 4.78 is 0. The Labute approximate surface area is 163 Å². The van der Waals surface area contributed by atoms with Gasteiger partial charge in [0.15, 0.2) is 0 Å². The van der Waals surface area contributed by atoms with Crippen LogP contribution in [0.15, 0.2) is 30.9 Å². The fourth-order valence-electron chi connectivity index (χ4n) is 5.73. The number of hydrogen-bond acceptors (Lipinski definition) is 7. The van der Waals surface area contributed by atoms with Gasteiger partial charge < -0.3 is 21.5 Å². The van der Waals surface area contributed by atoms with Crippen LogP contribution in [0.5, 0.6) is 0 Å². The van der Waals surface area contributed by atoms with Gasteiger partial charge in [-0.3, -0.25) is 9.78 Å². The van der Waals surface area contributed by atoms with Crippen molar-refractivity contribution in [2.24, 2.45) is 23.5 Å². The number of primary amides is 1. The van der Waals surface area contributed by atoms with E-state index in [0.29, 0.717) is 40.6 Å². The Morgan fingerprint density at radius 1 is 1.11 bits per heavy atom. The number of nitrogens with zero attached hydrogens (tertiary/aromatic N) is 3. The predicted octanol–water partition coefficient (Wildman–Crippen LogP) is 2.07. The summed E-state index contributed by atoms with van der Waals surface area (Å²) >= 11 is 0. The zero-order chi connectivity index (χ0) is 19.3. The molecule has 4 saturated carbocycles. The van der Waals surface area contributed by atoms with Crippen molar-refractivity contribution in [3.63, 3.8) is 0 Å². The lowest BCUT2D eigenvalue weighted by Crippen LogP contribution is -2.59. The topological polar surface area (TPSA) is 126 Å². The normalized spacial score (nSPS) is 32.9. The van der Waals surface area contributed by atoms with Crippen LogP contribution >= 0.6 is 0 Å². The van der Waals surface area contributed by atoms with E-state index >= 15 is 0 Å². The first-order valence-electron chi connectivity index (χ1n) is 9.81. The van der Waals surface area contributed by atoms with Crippen LogP contribution < -0.4 is 16.4 Å². The van der Waals surface area contributed by atoms with E-state index in [2.05, 4.69) is 25.6 Å². The van der Waals surface area contributed by atoms with Gasteiger partial charge in [0.25, 0.3) is 5.91 Å². The van der Waals surface area contributed by atoms with Gasteiger partial charge in [-0.15, -0.1) is 0 Å². The summed E-state index contributed by atoms with van der Waals surface area (Å²) in [5.74, 6) is 2.09. The Hall–Kier alpha value is -2.74. The molecule has 8 nitrogen and oxygen atoms in total. The number of nitrogens with two attached hydrogens (primary N) is 1. The van der Waals surface area contributed by atoms with Crippen molar-refractivity contribution in [3.05, 3.63) is 36.4 Å². The maximum absolute atomic E-state index is 11.9. The van der Waals surface area contributed by atoms with Gasteiger partial charge in [0, 0.05) is 30.7 Å². The summed E-state index contributed by atoms with van der Waals surface area (Å²) in [4.78, 5) is 24.5. The van der Waals surface area contributed by atoms with Crippen LogP contribution in [0, 0.1) is 17.8 Å². The molecule has 0 spiro atoms. The Morgan fingerprint density at radius 2 is 1.89 bits per heavy atom. The van der Waals surface area contributed by atoms with E-state index in [0.717, 1.165) is 32.1 Å². The molecule has 0 radical (unpaired) electrons. The number of nitrogens with one attached hydrogen (secondary N) is 2. The molecule has 4 aliphatic carbocycles. The van der Waals surface area contributed by atoms with Crippen LogP contribution in [-0.4, -0.2) is 37.6 Å². The predicted molar refractivity (Wildman–Crippen MR) is 104 cm³/mol. The van der Waals surface area contributed by atoms with Crippen molar-refractivity contribution >= 4 is 23.2 Å². The molecule has 8 heteroatoms. The van der Waals surface area contributed by atoms with Crippen molar-refractivity contribution in [2.75, 3.05) is 10.6 Å². The second-order valence-corrected chi connectivity index (χ2v) is 8.56. The minimum Gasteiger partial charge on any atom is -0.390 e. The van der Waals surface area contributed by atoms with E-state index in [1.165, 1.54) is 6.20 Å². The third-order valence-corrected chi connectivity index (χ3v) is 6.55. The lowest BCUT2D eigenvalue weighted by molar-refractivity contribution is -0.129. The molecule has 2 unspecified atom stereocenters. The summed E-state index contributed by atoms with van der Waals surface area (Å²) in [7, 11) is 0. The lowest BCUT2D eigenvalue weighted by atomic mass is 9.52. The molecule has 5 N–H and O–H groups in total. The van der Waals surface area contributed by atoms with E-state index < -0.39 is 11.5 Å². The van der Waals surface area contributed by atoms with Gasteiger partial charge in [0.2, 0.25) is 0 Å². The Morgan fingerprint density at radius 3 is 2.54 bits per heavy atom. The second-order valence-electron chi connectivity index (χ2n) is 8.56. The fraction of sp³-hybridized carbons (Fsp3) is 0.500. The largest absolute Gasteiger partial charge is 0.390 e. The number of amides is 1. The Balaban J connectivity index is 1.42. The molecule has 146 valence electrons. The van der Waals surface area contributed by atoms with Crippen LogP contribution in [0.3, 0.4) is 0 Å². The number of pyridine rings is 1. The third-order valence-electron chi connectivity index (χ3n) is 6.55. The molecule has 6 rings (SSSR count). The fourth-order valence-corrected chi connectivity index (χ4v) is 5.73. The van der Waals surface area contributed by atoms with Gasteiger partial charge in [-0.05, 0) is 49.9 Å². The van der Waals surface area contributed by atoms with Gasteiger partial charge >= 0.3 is 0 Å². The number of carbonyl (C=O) groups is 1. The molecule has 2 aromatic heterocycles. The van der Waals surface area contributed by atoms with Crippen molar-refractivity contribution in [3.8, 4) is 0 Å². The average molecular weight is 380 g/mol. The molecule has 1 amide bonds. The van der Waals surface area contributed by atoms with Crippen molar-refractivity contribution < 1.29 is 9.90 Å². The van der Waals surface area contributed by atoms with Crippen molar-refractivity contribution in [1.29, 1.82) is 0 Å². The molecular weight excluding hydrogens is 356 g/mol. The second kappa shape index (κ2) is 6.41. The number of rotatable bonds is 5. The summed E-state index contributed by atoms with van der Waals surface area (Å²) in [5, 5.41) is 17.5. The molecule has 0 saturated heterocycles. The molecular formula is C20H24N6O2. The quantitative estimate of drug-likeness (QED) is 0.625. The van der Waals surface area contributed by atoms with Crippen LogP contribution in [0.25, 0.3) is 0 Å². The lowest BCUT2D eigenvalue weighted by Gasteiger charge is -2.58. The summed E-state index contributed by atoms with van der Waals surface area (Å²) in [5.41, 5.74) is 6.15. The van der Waals surface area contributed by atoms with Crippen molar-refractivity contribution in [2.45, 2.75) is 43.7 Å². The Bertz CT molecular complexity index is 889. The van der Waals surface area contributed by atoms with E-state index in [-0.39, 0.29) is 6.04 Å². The molecule has 4 bridgehead atoms. The first kappa shape index (κ1) is 17.4. The van der Waals surface area contributed by atoms with Crippen LogP contribution in [0.4, 0.5) is 17.3 Å². The van der Waals surface area contributed by atoms with Crippen LogP contribution in [-0.2, 0) is 0 Å². The highest BCUT2D eigenvalue weighted by Crippen LogP contribution is 2.56. The van der Waals surface area contributed by atoms with Gasteiger partial charge in [0.1, 0.15) is 11.6 Å². The Kier molecular flexibility index (Phi) is 3.97. The van der Waals surface area contributed by atoms with Crippen molar-refractivity contribution in [1.82, 2.24) is 15.0 Å². The van der Waals surface area contributed by atoms with E-state index in [1.807, 2.05) is 0 Å². The number of hydrogen-bond donors (Lipinski definition) is 4. The summed E-state index contributed by atoms with van der Waals surface area (Å²) in [6.07, 6.45) is 11.2. The maximum atomic E-state index is 11.9. The average Bonchev–Trinajstić information content (AvgIpc) is 2.64. The standard InChI is InChI=1S/C20H24N6O2/c21-19(27)14-9-24-16(26-17-10-22-1-2-23-17)5-15(14)25-18-12-3-11-4-13(18)8-20(28,6-11)7-12/h1-2,5,9-13,18,28H,3-4,6-8H2,(H2,21,27)(H2,23,24,25,26). The van der Waals surface area contributed by atoms with Crippen LogP contribution in [0.2, 0.25) is 0 Å². The van der Waals surface area contributed by atoms with E-state index in [4.69, 9.17) is 5.73 Å². The number of aromatic nitrogens is 3. The third kappa shape index (κ3) is 3.07. The highest BCUT2D eigenvalue weighted by atomic mass is 16.3. The number of carbonyl (C=O) groups excluding carboxylic acids is 1. The highest BCUT2D eigenvalue weighted by molar-refractivity contribution is 5.98. The number of anilines is 3. The minimum atomic E-state index is -0.511. The maximum Gasteiger partial charge on any atom is 0.252 e. The van der Waals surface area contributed by atoms with Gasteiger partial charge in [-0.2, -0.15) is 0 Å². The van der Waals surface area contributed by atoms with Crippen LogP contribution in [0.1, 0.15) is 42.5 Å². The molecule has 4 aliphatic rings. The van der Waals surface area contributed by atoms with E-state index in [9.17, 15) is 9.90 Å². The first-order valence-corrected chi connectivity index (χ1v) is 9.81. The molecule has 28 heavy (non-hydrogen) atoms. The van der Waals surface area contributed by atoms with Gasteiger partial charge in [-0.1, -0.05) is 0 Å².